The normalized spacial score (nSPS) is 56.5. The maximum Gasteiger partial charge on any atom is 0.0594 e. The van der Waals surface area contributed by atoms with Crippen LogP contribution in [0.25, 0.3) is 0 Å². The minimum atomic E-state index is -0.147. The quantitative estimate of drug-likeness (QED) is 0.452. The topological polar surface area (TPSA) is 40.5 Å². The summed E-state index contributed by atoms with van der Waals surface area (Å²) in [7, 11) is 0. The predicted octanol–water partition coefficient (Wildman–Crippen LogP) is 7.00. The third kappa shape index (κ3) is 2.66. The molecule has 2 heteroatoms. The van der Waals surface area contributed by atoms with Crippen molar-refractivity contribution in [1.82, 2.24) is 0 Å². The number of hydrogen-bond acceptors (Lipinski definition) is 2. The van der Waals surface area contributed by atoms with Crippen molar-refractivity contribution in [2.45, 2.75) is 112 Å². The molecule has 0 saturated heterocycles. The number of allylic oxidation sites excluding steroid dienone is 1. The van der Waals surface area contributed by atoms with Gasteiger partial charge in [-0.1, -0.05) is 46.8 Å². The lowest BCUT2D eigenvalue weighted by Gasteiger charge is -2.73. The summed E-state index contributed by atoms with van der Waals surface area (Å²) in [5, 5.41) is 21.5. The van der Waals surface area contributed by atoms with Gasteiger partial charge < -0.3 is 10.2 Å². The van der Waals surface area contributed by atoms with Gasteiger partial charge in [0.25, 0.3) is 0 Å². The zero-order valence-corrected chi connectivity index (χ0v) is 21.8. The average Bonchev–Trinajstić information content (AvgIpc) is 3.12. The second-order valence-electron chi connectivity index (χ2n) is 14.6. The molecule has 5 aliphatic rings. The Morgan fingerprint density at radius 1 is 0.812 bits per heavy atom. The summed E-state index contributed by atoms with van der Waals surface area (Å²) in [6.07, 6.45) is 12.2. The molecule has 10 atom stereocenters. The van der Waals surface area contributed by atoms with E-state index in [-0.39, 0.29) is 16.9 Å². The van der Waals surface area contributed by atoms with Gasteiger partial charge in [0, 0.05) is 6.61 Å². The van der Waals surface area contributed by atoms with Crippen LogP contribution in [0.1, 0.15) is 106 Å². The van der Waals surface area contributed by atoms with Gasteiger partial charge in [-0.25, -0.2) is 0 Å². The van der Waals surface area contributed by atoms with E-state index < -0.39 is 0 Å². The Balaban J connectivity index is 1.55. The number of hydrogen-bond donors (Lipinski definition) is 2. The standard InChI is InChI=1S/C30H50O2/c1-19(2)20-10-15-30(18-31)17-16-28(6)21(25(20)30)8-9-23-27(5)13-12-24(32)26(3,4)22(27)11-14-29(23,28)7/h20-25,31-32H,1,8-18H2,2-7H3/t20-,21+,22+,23+,24-,25-,27-,28+,29+,30+/m0/s1. The highest BCUT2D eigenvalue weighted by atomic mass is 16.3. The van der Waals surface area contributed by atoms with E-state index in [1.54, 1.807) is 0 Å². The minimum Gasteiger partial charge on any atom is -0.396 e. The van der Waals surface area contributed by atoms with E-state index in [2.05, 4.69) is 48.1 Å². The van der Waals surface area contributed by atoms with Gasteiger partial charge in [-0.15, -0.1) is 0 Å². The van der Waals surface area contributed by atoms with Crippen molar-refractivity contribution in [1.29, 1.82) is 0 Å². The van der Waals surface area contributed by atoms with Crippen molar-refractivity contribution in [3.8, 4) is 0 Å². The highest BCUT2D eigenvalue weighted by molar-refractivity contribution is 5.21. The Hall–Kier alpha value is -0.340. The second-order valence-corrected chi connectivity index (χ2v) is 14.6. The molecule has 0 unspecified atom stereocenters. The van der Waals surface area contributed by atoms with E-state index in [0.717, 1.165) is 18.3 Å². The third-order valence-corrected chi connectivity index (χ3v) is 13.5. The van der Waals surface area contributed by atoms with Crippen LogP contribution in [0.4, 0.5) is 0 Å². The van der Waals surface area contributed by atoms with E-state index in [0.29, 0.717) is 40.6 Å². The van der Waals surface area contributed by atoms with Crippen LogP contribution in [0.5, 0.6) is 0 Å². The lowest BCUT2D eigenvalue weighted by atomic mass is 9.32. The zero-order valence-electron chi connectivity index (χ0n) is 21.8. The van der Waals surface area contributed by atoms with E-state index >= 15 is 0 Å². The molecule has 0 spiro atoms. The predicted molar refractivity (Wildman–Crippen MR) is 132 cm³/mol. The Morgan fingerprint density at radius 3 is 2.19 bits per heavy atom. The van der Waals surface area contributed by atoms with Gasteiger partial charge in [0.15, 0.2) is 0 Å². The third-order valence-electron chi connectivity index (χ3n) is 13.5. The largest absolute Gasteiger partial charge is 0.396 e. The molecule has 0 radical (unpaired) electrons. The van der Waals surface area contributed by atoms with Gasteiger partial charge in [0.1, 0.15) is 0 Å². The van der Waals surface area contributed by atoms with Gasteiger partial charge in [-0.2, -0.15) is 0 Å². The maximum atomic E-state index is 10.9. The van der Waals surface area contributed by atoms with Crippen LogP contribution in [0.15, 0.2) is 12.2 Å². The molecule has 5 aliphatic carbocycles. The van der Waals surface area contributed by atoms with Crippen molar-refractivity contribution < 1.29 is 10.2 Å². The fourth-order valence-electron chi connectivity index (χ4n) is 11.5. The summed E-state index contributed by atoms with van der Waals surface area (Å²) < 4.78 is 0. The zero-order chi connectivity index (χ0) is 23.3. The molecule has 0 heterocycles. The summed E-state index contributed by atoms with van der Waals surface area (Å²) >= 11 is 0. The first-order valence-electron chi connectivity index (χ1n) is 13.8. The second kappa shape index (κ2) is 7.09. The highest BCUT2D eigenvalue weighted by Gasteiger charge is 2.70. The van der Waals surface area contributed by atoms with E-state index in [1.807, 2.05) is 0 Å². The Bertz CT molecular complexity index is 786. The lowest BCUT2D eigenvalue weighted by Crippen LogP contribution is -2.66. The lowest BCUT2D eigenvalue weighted by molar-refractivity contribution is -0.249. The molecule has 0 amide bonds. The number of aliphatic hydroxyl groups is 2. The SMILES string of the molecule is C=C(C)[C@@H]1CC[C@]2(CO)CC[C@]3(C)[C@H](CC[C@@H]4[C@@]5(C)CC[C@H](O)C(C)(C)[C@H]5CC[C@]43C)[C@H]12. The average molecular weight is 443 g/mol. The Morgan fingerprint density at radius 2 is 1.53 bits per heavy atom. The highest BCUT2D eigenvalue weighted by Crippen LogP contribution is 2.77. The van der Waals surface area contributed by atoms with E-state index in [4.69, 9.17) is 0 Å². The molecule has 2 nitrogen and oxygen atoms in total. The van der Waals surface area contributed by atoms with Crippen molar-refractivity contribution >= 4 is 0 Å². The van der Waals surface area contributed by atoms with E-state index in [9.17, 15) is 10.2 Å². The minimum absolute atomic E-state index is 0.0290. The number of rotatable bonds is 2. The molecule has 0 aromatic heterocycles. The molecule has 182 valence electrons. The van der Waals surface area contributed by atoms with Crippen molar-refractivity contribution in [2.75, 3.05) is 6.61 Å². The summed E-state index contributed by atoms with van der Waals surface area (Å²) in [6.45, 7) is 19.7. The number of aliphatic hydroxyl groups excluding tert-OH is 2. The number of fused-ring (bicyclic) bond motifs is 7. The molecule has 0 aliphatic heterocycles. The fraction of sp³-hybridized carbons (Fsp3) is 0.933. The smallest absolute Gasteiger partial charge is 0.0594 e. The molecule has 5 fully saturated rings. The molecule has 32 heavy (non-hydrogen) atoms. The molecule has 5 rings (SSSR count). The van der Waals surface area contributed by atoms with Crippen LogP contribution in [-0.4, -0.2) is 22.9 Å². The fourth-order valence-corrected chi connectivity index (χ4v) is 11.5. The van der Waals surface area contributed by atoms with Crippen LogP contribution in [-0.2, 0) is 0 Å². The Kier molecular flexibility index (Phi) is 5.19. The van der Waals surface area contributed by atoms with Gasteiger partial charge in [-0.05, 0) is 128 Å². The monoisotopic (exact) mass is 442 g/mol. The van der Waals surface area contributed by atoms with Gasteiger partial charge >= 0.3 is 0 Å². The van der Waals surface area contributed by atoms with Gasteiger partial charge in [0.05, 0.1) is 6.10 Å². The van der Waals surface area contributed by atoms with Crippen LogP contribution in [0.3, 0.4) is 0 Å². The summed E-state index contributed by atoms with van der Waals surface area (Å²) in [6, 6.07) is 0. The maximum absolute atomic E-state index is 10.9. The van der Waals surface area contributed by atoms with Crippen molar-refractivity contribution in [2.24, 2.45) is 56.7 Å². The Labute approximate surface area is 197 Å². The van der Waals surface area contributed by atoms with Gasteiger partial charge in [0.2, 0.25) is 0 Å². The van der Waals surface area contributed by atoms with Crippen molar-refractivity contribution in [3.63, 3.8) is 0 Å². The summed E-state index contributed by atoms with van der Waals surface area (Å²) in [5.74, 6) is 3.33. The molecule has 0 bridgehead atoms. The molecule has 5 saturated carbocycles. The van der Waals surface area contributed by atoms with Crippen LogP contribution >= 0.6 is 0 Å². The first-order valence-corrected chi connectivity index (χ1v) is 13.8. The van der Waals surface area contributed by atoms with Crippen LogP contribution in [0, 0.1) is 56.7 Å². The van der Waals surface area contributed by atoms with Crippen molar-refractivity contribution in [3.05, 3.63) is 12.2 Å². The first kappa shape index (κ1) is 23.4. The van der Waals surface area contributed by atoms with Gasteiger partial charge in [-0.3, -0.25) is 0 Å². The van der Waals surface area contributed by atoms with Crippen LogP contribution in [0.2, 0.25) is 0 Å². The molecule has 0 aromatic rings. The molecule has 2 N–H and O–H groups in total. The summed E-state index contributed by atoms with van der Waals surface area (Å²) in [5.41, 5.74) is 2.60. The summed E-state index contributed by atoms with van der Waals surface area (Å²) in [4.78, 5) is 0. The van der Waals surface area contributed by atoms with E-state index in [1.165, 1.54) is 63.4 Å². The first-order chi connectivity index (χ1) is 14.9. The molecular weight excluding hydrogens is 392 g/mol. The van der Waals surface area contributed by atoms with Crippen LogP contribution < -0.4 is 0 Å². The molecular formula is C30H50O2. The molecule has 0 aromatic carbocycles.